The van der Waals surface area contributed by atoms with E-state index in [0.717, 1.165) is 34.9 Å². The van der Waals surface area contributed by atoms with Gasteiger partial charge in [-0.3, -0.25) is 9.59 Å². The van der Waals surface area contributed by atoms with E-state index < -0.39 is 11.9 Å². The van der Waals surface area contributed by atoms with Crippen LogP contribution in [-0.2, 0) is 11.3 Å². The molecule has 1 saturated heterocycles. The highest BCUT2D eigenvalue weighted by Gasteiger charge is 2.31. The van der Waals surface area contributed by atoms with Gasteiger partial charge in [0.25, 0.3) is 5.91 Å². The number of rotatable bonds is 5. The lowest BCUT2D eigenvalue weighted by atomic mass is 10.2. The van der Waals surface area contributed by atoms with Gasteiger partial charge < -0.3 is 15.1 Å². The number of anilines is 2. The lowest BCUT2D eigenvalue weighted by Gasteiger charge is -2.24. The van der Waals surface area contributed by atoms with Crippen molar-refractivity contribution < 1.29 is 9.59 Å². The number of fused-ring (bicyclic) bond motifs is 1. The van der Waals surface area contributed by atoms with Gasteiger partial charge in [0, 0.05) is 36.5 Å². The van der Waals surface area contributed by atoms with Crippen molar-refractivity contribution in [1.82, 2.24) is 20.1 Å². The Kier molecular flexibility index (Phi) is 6.28. The number of benzene rings is 2. The summed E-state index contributed by atoms with van der Waals surface area (Å²) in [7, 11) is 1.77. The molecule has 34 heavy (non-hydrogen) atoms. The number of aromatic nitrogens is 3. The Morgan fingerprint density at radius 3 is 2.79 bits per heavy atom. The minimum atomic E-state index is -0.661. The molecule has 1 aromatic heterocycles. The highest BCUT2D eigenvalue weighted by atomic mass is 32.2. The molecule has 0 unspecified atom stereocenters. The molecule has 1 N–H and O–H groups in total. The van der Waals surface area contributed by atoms with Gasteiger partial charge in [0.05, 0.1) is 12.2 Å². The van der Waals surface area contributed by atoms with Crippen molar-refractivity contribution in [3.05, 3.63) is 66.2 Å². The molecular weight excluding hydrogens is 448 g/mol. The first-order valence-corrected chi connectivity index (χ1v) is 12.5. The van der Waals surface area contributed by atoms with Gasteiger partial charge in [-0.05, 0) is 36.1 Å². The lowest BCUT2D eigenvalue weighted by Crippen LogP contribution is -2.48. The van der Waals surface area contributed by atoms with Crippen molar-refractivity contribution in [3.8, 4) is 0 Å². The van der Waals surface area contributed by atoms with Crippen molar-refractivity contribution in [2.75, 3.05) is 35.7 Å². The maximum Gasteiger partial charge on any atom is 0.291 e. The summed E-state index contributed by atoms with van der Waals surface area (Å²) in [5, 5.41) is 7.14. The average Bonchev–Trinajstić information content (AvgIpc) is 3.48. The van der Waals surface area contributed by atoms with E-state index in [2.05, 4.69) is 45.4 Å². The van der Waals surface area contributed by atoms with Crippen LogP contribution in [0.15, 0.2) is 59.8 Å². The van der Waals surface area contributed by atoms with E-state index in [1.54, 1.807) is 28.4 Å². The smallest absolute Gasteiger partial charge is 0.291 e. The third-order valence-electron chi connectivity index (χ3n) is 6.36. The first-order chi connectivity index (χ1) is 16.5. The van der Waals surface area contributed by atoms with Crippen molar-refractivity contribution in [2.45, 2.75) is 30.8 Å². The number of hydrogen-bond acceptors (Lipinski definition) is 6. The van der Waals surface area contributed by atoms with Gasteiger partial charge in [-0.2, -0.15) is 0 Å². The van der Waals surface area contributed by atoms with E-state index in [4.69, 9.17) is 0 Å². The summed E-state index contributed by atoms with van der Waals surface area (Å²) >= 11 is 1.58. The first kappa shape index (κ1) is 22.5. The third kappa shape index (κ3) is 4.65. The summed E-state index contributed by atoms with van der Waals surface area (Å²) in [6, 6.07) is 15.5. The fourth-order valence-corrected chi connectivity index (χ4v) is 5.50. The van der Waals surface area contributed by atoms with Crippen molar-refractivity contribution >= 4 is 35.0 Å². The van der Waals surface area contributed by atoms with Crippen LogP contribution in [0.4, 0.5) is 11.4 Å². The fourth-order valence-electron chi connectivity index (χ4n) is 4.42. The topological polar surface area (TPSA) is 83.4 Å². The van der Waals surface area contributed by atoms with Gasteiger partial charge in [-0.1, -0.05) is 37.3 Å². The van der Waals surface area contributed by atoms with Gasteiger partial charge in [0.2, 0.25) is 11.7 Å². The summed E-state index contributed by atoms with van der Waals surface area (Å²) in [5.41, 5.74) is 3.09. The molecular formula is C25H28N6O2S. The molecule has 2 aliphatic heterocycles. The maximum atomic E-state index is 13.2. The molecule has 0 saturated carbocycles. The van der Waals surface area contributed by atoms with E-state index in [9.17, 15) is 9.59 Å². The highest BCUT2D eigenvalue weighted by Crippen LogP contribution is 2.37. The Morgan fingerprint density at radius 2 is 2.03 bits per heavy atom. The SMILES string of the molecule is C[C@H]1CCN(c2ccc3c(c2)N(C)C(=O)[C@@H](NC(=O)c2ncn(Cc4ccccc4)n2)CS3)C1. The molecule has 2 amide bonds. The predicted molar refractivity (Wildman–Crippen MR) is 133 cm³/mol. The number of nitrogens with zero attached hydrogens (tertiary/aromatic N) is 5. The van der Waals surface area contributed by atoms with Crippen molar-refractivity contribution in [1.29, 1.82) is 0 Å². The van der Waals surface area contributed by atoms with E-state index in [1.165, 1.54) is 12.7 Å². The fraction of sp³-hybridized carbons (Fsp3) is 0.360. The molecule has 8 nitrogen and oxygen atoms in total. The van der Waals surface area contributed by atoms with Crippen molar-refractivity contribution in [2.24, 2.45) is 5.92 Å². The summed E-state index contributed by atoms with van der Waals surface area (Å²) in [6.45, 7) is 4.86. The molecule has 0 aliphatic carbocycles. The number of carbonyl (C=O) groups excluding carboxylic acids is 2. The molecule has 2 aliphatic rings. The summed E-state index contributed by atoms with van der Waals surface area (Å²) < 4.78 is 1.62. The third-order valence-corrected chi connectivity index (χ3v) is 7.52. The van der Waals surface area contributed by atoms with E-state index in [-0.39, 0.29) is 11.7 Å². The van der Waals surface area contributed by atoms with Gasteiger partial charge in [0.1, 0.15) is 12.4 Å². The van der Waals surface area contributed by atoms with Crippen LogP contribution in [0.5, 0.6) is 0 Å². The number of thioether (sulfide) groups is 1. The number of carbonyl (C=O) groups is 2. The molecule has 0 spiro atoms. The predicted octanol–water partition coefficient (Wildman–Crippen LogP) is 3.04. The highest BCUT2D eigenvalue weighted by molar-refractivity contribution is 7.99. The summed E-state index contributed by atoms with van der Waals surface area (Å²) in [4.78, 5) is 35.3. The molecule has 2 aromatic carbocycles. The van der Waals surface area contributed by atoms with E-state index in [1.807, 2.05) is 30.3 Å². The maximum absolute atomic E-state index is 13.2. The number of hydrogen-bond donors (Lipinski definition) is 1. The van der Waals surface area contributed by atoms with E-state index in [0.29, 0.717) is 18.2 Å². The Bertz CT molecular complexity index is 1200. The van der Waals surface area contributed by atoms with Crippen LogP contribution in [-0.4, -0.2) is 58.5 Å². The van der Waals surface area contributed by atoms with Crippen LogP contribution in [0.3, 0.4) is 0 Å². The second kappa shape index (κ2) is 9.50. The second-order valence-corrected chi connectivity index (χ2v) is 10.0. The van der Waals surface area contributed by atoms with Gasteiger partial charge in [-0.25, -0.2) is 9.67 Å². The standard InChI is InChI=1S/C25H28N6O2S/c1-17-10-11-30(13-17)19-8-9-22-21(12-19)29(2)25(33)20(15-34-22)27-24(32)23-26-16-31(28-23)14-18-6-4-3-5-7-18/h3-9,12,16-17,20H,10-11,13-15H2,1-2H3,(H,27,32)/t17-,20-/m0/s1. The van der Waals surface area contributed by atoms with Crippen LogP contribution >= 0.6 is 11.8 Å². The zero-order valence-corrected chi connectivity index (χ0v) is 20.2. The normalized spacial score (nSPS) is 20.2. The van der Waals surface area contributed by atoms with Crippen LogP contribution in [0, 0.1) is 5.92 Å². The van der Waals surface area contributed by atoms with Crippen LogP contribution in [0.1, 0.15) is 29.5 Å². The molecule has 9 heteroatoms. The molecule has 0 radical (unpaired) electrons. The minimum absolute atomic E-state index is 0.0589. The quantitative estimate of drug-likeness (QED) is 0.610. The number of likely N-dealkylation sites (N-methyl/N-ethyl adjacent to an activating group) is 1. The first-order valence-electron chi connectivity index (χ1n) is 11.5. The Hall–Kier alpha value is -3.33. The summed E-state index contributed by atoms with van der Waals surface area (Å²) in [6.07, 6.45) is 2.72. The van der Waals surface area contributed by atoms with E-state index >= 15 is 0 Å². The molecule has 3 aromatic rings. The van der Waals surface area contributed by atoms with Crippen LogP contribution < -0.4 is 15.1 Å². The average molecular weight is 477 g/mol. The number of nitrogens with one attached hydrogen (secondary N) is 1. The Labute approximate surface area is 203 Å². The zero-order valence-electron chi connectivity index (χ0n) is 19.3. The Balaban J connectivity index is 1.27. The van der Waals surface area contributed by atoms with Crippen molar-refractivity contribution in [3.63, 3.8) is 0 Å². The van der Waals surface area contributed by atoms with Gasteiger partial charge in [-0.15, -0.1) is 16.9 Å². The monoisotopic (exact) mass is 476 g/mol. The molecule has 3 heterocycles. The Morgan fingerprint density at radius 1 is 1.21 bits per heavy atom. The lowest BCUT2D eigenvalue weighted by molar-refractivity contribution is -0.119. The molecule has 176 valence electrons. The van der Waals surface area contributed by atoms with Crippen LogP contribution in [0.25, 0.3) is 0 Å². The van der Waals surface area contributed by atoms with Gasteiger partial charge >= 0.3 is 0 Å². The van der Waals surface area contributed by atoms with Gasteiger partial charge in [0.15, 0.2) is 0 Å². The molecule has 5 rings (SSSR count). The number of amides is 2. The minimum Gasteiger partial charge on any atom is -0.371 e. The van der Waals surface area contributed by atoms with Crippen LogP contribution in [0.2, 0.25) is 0 Å². The molecule has 1 fully saturated rings. The summed E-state index contributed by atoms with van der Waals surface area (Å²) in [5.74, 6) is 0.597. The molecule has 0 bridgehead atoms. The second-order valence-electron chi connectivity index (χ2n) is 8.98. The molecule has 2 atom stereocenters. The zero-order chi connectivity index (χ0) is 23.7. The largest absolute Gasteiger partial charge is 0.371 e.